The summed E-state index contributed by atoms with van der Waals surface area (Å²) < 4.78 is 0. The van der Waals surface area contributed by atoms with Gasteiger partial charge in [-0.1, -0.05) is 70.0 Å². The Morgan fingerprint density at radius 1 is 0.962 bits per heavy atom. The molecule has 0 atom stereocenters. The summed E-state index contributed by atoms with van der Waals surface area (Å²) >= 11 is 5.97. The molecule has 0 fully saturated rings. The molecule has 0 radical (unpaired) electrons. The van der Waals surface area contributed by atoms with Gasteiger partial charge in [0.2, 0.25) is 5.96 Å². The molecular formula is C20H34ClN5. The summed E-state index contributed by atoms with van der Waals surface area (Å²) in [7, 11) is 0. The Hall–Kier alpha value is -1.75. The summed E-state index contributed by atoms with van der Waals surface area (Å²) in [6, 6.07) is 7.20. The van der Waals surface area contributed by atoms with E-state index in [9.17, 15) is 0 Å². The van der Waals surface area contributed by atoms with Gasteiger partial charge in [0, 0.05) is 18.1 Å². The Balaban J connectivity index is 2.72. The van der Waals surface area contributed by atoms with Crippen LogP contribution < -0.4 is 11.5 Å². The van der Waals surface area contributed by atoms with E-state index in [1.165, 1.54) is 38.5 Å². The van der Waals surface area contributed by atoms with Crippen molar-refractivity contribution in [2.75, 3.05) is 13.1 Å². The molecule has 0 aliphatic carbocycles. The van der Waals surface area contributed by atoms with E-state index in [1.807, 2.05) is 12.1 Å². The van der Waals surface area contributed by atoms with Crippen LogP contribution in [0.2, 0.25) is 5.02 Å². The summed E-state index contributed by atoms with van der Waals surface area (Å²) in [5.74, 6) is 0.596. The van der Waals surface area contributed by atoms with E-state index >= 15 is 0 Å². The maximum absolute atomic E-state index is 6.22. The van der Waals surface area contributed by atoms with Crippen molar-refractivity contribution in [3.8, 4) is 0 Å². The lowest BCUT2D eigenvalue weighted by Crippen LogP contribution is -2.40. The molecule has 0 spiro atoms. The van der Waals surface area contributed by atoms with Crippen LogP contribution >= 0.6 is 11.6 Å². The molecule has 0 aliphatic heterocycles. The summed E-state index contributed by atoms with van der Waals surface area (Å²) in [5.41, 5.74) is 12.9. The maximum atomic E-state index is 6.22. The van der Waals surface area contributed by atoms with Crippen molar-refractivity contribution in [2.45, 2.75) is 65.2 Å². The van der Waals surface area contributed by atoms with Crippen molar-refractivity contribution < 1.29 is 0 Å². The third-order valence-corrected chi connectivity index (χ3v) is 4.40. The zero-order valence-corrected chi connectivity index (χ0v) is 17.0. The molecule has 0 saturated heterocycles. The lowest BCUT2D eigenvalue weighted by Gasteiger charge is -2.23. The first-order valence-electron chi connectivity index (χ1n) is 9.75. The SMILES string of the molecule is CCCCCCN(CCCCCC)C(N)=NC(N)=Nc1cccc(Cl)c1. The summed E-state index contributed by atoms with van der Waals surface area (Å²) in [6.45, 7) is 6.24. The summed E-state index contributed by atoms with van der Waals surface area (Å²) in [6.07, 6.45) is 9.59. The lowest BCUT2D eigenvalue weighted by atomic mass is 10.2. The third kappa shape index (κ3) is 9.66. The van der Waals surface area contributed by atoms with Crippen LogP contribution in [0.1, 0.15) is 65.2 Å². The predicted molar refractivity (Wildman–Crippen MR) is 114 cm³/mol. The Morgan fingerprint density at radius 3 is 2.12 bits per heavy atom. The monoisotopic (exact) mass is 379 g/mol. The van der Waals surface area contributed by atoms with Gasteiger partial charge in [0.05, 0.1) is 5.69 Å². The van der Waals surface area contributed by atoms with Crippen molar-refractivity contribution >= 4 is 29.2 Å². The molecule has 0 aromatic heterocycles. The minimum Gasteiger partial charge on any atom is -0.369 e. The highest BCUT2D eigenvalue weighted by atomic mass is 35.5. The van der Waals surface area contributed by atoms with Crippen molar-refractivity contribution in [3.63, 3.8) is 0 Å². The fourth-order valence-electron chi connectivity index (χ4n) is 2.69. The number of hydrogen-bond acceptors (Lipinski definition) is 1. The van der Waals surface area contributed by atoms with Crippen LogP contribution in [0.25, 0.3) is 0 Å². The van der Waals surface area contributed by atoms with Crippen molar-refractivity contribution in [3.05, 3.63) is 29.3 Å². The fraction of sp³-hybridized carbons (Fsp3) is 0.600. The first kappa shape index (κ1) is 22.3. The van der Waals surface area contributed by atoms with Crippen molar-refractivity contribution in [1.82, 2.24) is 4.90 Å². The number of halogens is 1. The maximum Gasteiger partial charge on any atom is 0.223 e. The highest BCUT2D eigenvalue weighted by Crippen LogP contribution is 2.17. The van der Waals surface area contributed by atoms with Crippen molar-refractivity contribution in [1.29, 1.82) is 0 Å². The molecule has 6 heteroatoms. The lowest BCUT2D eigenvalue weighted by molar-refractivity contribution is 0.383. The molecule has 0 amide bonds. The van der Waals surface area contributed by atoms with Crippen LogP contribution in [0.4, 0.5) is 5.69 Å². The first-order valence-corrected chi connectivity index (χ1v) is 10.1. The van der Waals surface area contributed by atoms with Gasteiger partial charge in [0.25, 0.3) is 0 Å². The van der Waals surface area contributed by atoms with Crippen LogP contribution in [-0.4, -0.2) is 29.9 Å². The highest BCUT2D eigenvalue weighted by Gasteiger charge is 2.08. The van der Waals surface area contributed by atoms with E-state index in [-0.39, 0.29) is 5.96 Å². The number of aliphatic imine (C=N–C) groups is 2. The van der Waals surface area contributed by atoms with E-state index in [0.29, 0.717) is 16.7 Å². The standard InChI is InChI=1S/C20H34ClN5/c1-3-5-7-9-14-26(15-10-8-6-4-2)20(23)25-19(22)24-18-13-11-12-17(21)16-18/h11-13,16H,3-10,14-15H2,1-2H3,(H4,22,23,24,25). The number of nitrogens with two attached hydrogens (primary N) is 2. The van der Waals surface area contributed by atoms with E-state index in [1.54, 1.807) is 12.1 Å². The zero-order chi connectivity index (χ0) is 19.2. The molecule has 0 aliphatic rings. The second-order valence-corrected chi connectivity index (χ2v) is 6.96. The molecule has 1 aromatic rings. The zero-order valence-electron chi connectivity index (χ0n) is 16.3. The van der Waals surface area contributed by atoms with Gasteiger partial charge >= 0.3 is 0 Å². The quantitative estimate of drug-likeness (QED) is 0.320. The molecule has 26 heavy (non-hydrogen) atoms. The van der Waals surface area contributed by atoms with Crippen LogP contribution in [-0.2, 0) is 0 Å². The van der Waals surface area contributed by atoms with Crippen molar-refractivity contribution in [2.24, 2.45) is 21.5 Å². The molecule has 0 heterocycles. The number of benzene rings is 1. The minimum absolute atomic E-state index is 0.150. The fourth-order valence-corrected chi connectivity index (χ4v) is 2.88. The van der Waals surface area contributed by atoms with Gasteiger partial charge in [-0.2, -0.15) is 4.99 Å². The number of nitrogens with zero attached hydrogens (tertiary/aromatic N) is 3. The highest BCUT2D eigenvalue weighted by molar-refractivity contribution is 6.30. The Bertz CT molecular complexity index is 559. The minimum atomic E-state index is 0.150. The smallest absolute Gasteiger partial charge is 0.223 e. The number of guanidine groups is 2. The van der Waals surface area contributed by atoms with Gasteiger partial charge < -0.3 is 16.4 Å². The predicted octanol–water partition coefficient (Wildman–Crippen LogP) is 5.06. The number of unbranched alkanes of at least 4 members (excludes halogenated alkanes) is 6. The molecular weight excluding hydrogens is 346 g/mol. The van der Waals surface area contributed by atoms with Gasteiger partial charge in [-0.05, 0) is 31.0 Å². The second-order valence-electron chi connectivity index (χ2n) is 6.53. The average molecular weight is 380 g/mol. The largest absolute Gasteiger partial charge is 0.369 e. The van der Waals surface area contributed by atoms with Crippen LogP contribution in [0.3, 0.4) is 0 Å². The molecule has 0 unspecified atom stereocenters. The first-order chi connectivity index (χ1) is 12.6. The molecule has 0 saturated carbocycles. The van der Waals surface area contributed by atoms with Gasteiger partial charge in [-0.15, -0.1) is 0 Å². The van der Waals surface area contributed by atoms with E-state index < -0.39 is 0 Å². The topological polar surface area (TPSA) is 80.0 Å². The second kappa shape index (κ2) is 13.5. The van der Waals surface area contributed by atoms with Crippen LogP contribution in [0.15, 0.2) is 34.3 Å². The molecule has 5 nitrogen and oxygen atoms in total. The third-order valence-electron chi connectivity index (χ3n) is 4.17. The Morgan fingerprint density at radius 2 is 1.58 bits per heavy atom. The molecule has 1 aromatic carbocycles. The molecule has 146 valence electrons. The van der Waals surface area contributed by atoms with E-state index in [0.717, 1.165) is 25.9 Å². The Labute approximate surface area is 163 Å². The van der Waals surface area contributed by atoms with E-state index in [4.69, 9.17) is 23.1 Å². The van der Waals surface area contributed by atoms with Crippen LogP contribution in [0.5, 0.6) is 0 Å². The molecule has 1 rings (SSSR count). The number of rotatable bonds is 11. The molecule has 4 N–H and O–H groups in total. The normalized spacial score (nSPS) is 12.4. The molecule has 0 bridgehead atoms. The number of hydrogen-bond donors (Lipinski definition) is 2. The van der Waals surface area contributed by atoms with E-state index in [2.05, 4.69) is 28.7 Å². The summed E-state index contributed by atoms with van der Waals surface area (Å²) in [5, 5.41) is 0.615. The van der Waals surface area contributed by atoms with Gasteiger partial charge in [0.1, 0.15) is 0 Å². The average Bonchev–Trinajstić information content (AvgIpc) is 2.60. The Kier molecular flexibility index (Phi) is 11.5. The van der Waals surface area contributed by atoms with Gasteiger partial charge in [0.15, 0.2) is 5.96 Å². The summed E-state index contributed by atoms with van der Waals surface area (Å²) in [4.78, 5) is 10.7. The van der Waals surface area contributed by atoms with Gasteiger partial charge in [-0.25, -0.2) is 4.99 Å². The van der Waals surface area contributed by atoms with Crippen LogP contribution in [0, 0.1) is 0 Å². The van der Waals surface area contributed by atoms with Gasteiger partial charge in [-0.3, -0.25) is 0 Å².